The first kappa shape index (κ1) is 30.7. The molecule has 3 rings (SSSR count). The second-order valence-corrected chi connectivity index (χ2v) is 9.91. The molecule has 0 aliphatic carbocycles. The van der Waals surface area contributed by atoms with Gasteiger partial charge in [-0.2, -0.15) is 0 Å². The van der Waals surface area contributed by atoms with Crippen LogP contribution in [0.4, 0.5) is 0 Å². The van der Waals surface area contributed by atoms with Gasteiger partial charge in [-0.1, -0.05) is 70.2 Å². The molecular formula is C34H42O6. The lowest BCUT2D eigenvalue weighted by Crippen LogP contribution is -2.09. The first-order valence-corrected chi connectivity index (χ1v) is 14.4. The molecule has 3 aromatic rings. The van der Waals surface area contributed by atoms with Gasteiger partial charge in [-0.05, 0) is 79.4 Å². The minimum atomic E-state index is -0.460. The number of esters is 2. The largest absolute Gasteiger partial charge is 0.494 e. The monoisotopic (exact) mass is 546 g/mol. The first-order valence-electron chi connectivity index (χ1n) is 14.4. The van der Waals surface area contributed by atoms with Crippen molar-refractivity contribution in [1.82, 2.24) is 0 Å². The number of carbonyl (C=O) groups is 2. The van der Waals surface area contributed by atoms with Gasteiger partial charge < -0.3 is 18.9 Å². The average molecular weight is 547 g/mol. The van der Waals surface area contributed by atoms with Crippen molar-refractivity contribution in [2.75, 3.05) is 6.61 Å². The molecule has 1 unspecified atom stereocenters. The zero-order valence-corrected chi connectivity index (χ0v) is 24.0. The zero-order valence-electron chi connectivity index (χ0n) is 24.0. The van der Waals surface area contributed by atoms with Gasteiger partial charge in [0, 0.05) is 6.42 Å². The third-order valence-electron chi connectivity index (χ3n) is 6.51. The molecule has 6 heteroatoms. The fourth-order valence-electron chi connectivity index (χ4n) is 4.11. The lowest BCUT2D eigenvalue weighted by Gasteiger charge is -2.14. The first-order chi connectivity index (χ1) is 19.5. The second-order valence-electron chi connectivity index (χ2n) is 9.91. The van der Waals surface area contributed by atoms with E-state index in [0.29, 0.717) is 30.1 Å². The van der Waals surface area contributed by atoms with Gasteiger partial charge in [-0.3, -0.25) is 4.79 Å². The summed E-state index contributed by atoms with van der Waals surface area (Å²) in [5.41, 5.74) is 2.29. The number of carbonyl (C=O) groups excluding carboxylic acids is 2. The van der Waals surface area contributed by atoms with Crippen LogP contribution < -0.4 is 14.2 Å². The van der Waals surface area contributed by atoms with Crippen LogP contribution in [0.15, 0.2) is 72.8 Å². The van der Waals surface area contributed by atoms with Gasteiger partial charge in [0.15, 0.2) is 0 Å². The van der Waals surface area contributed by atoms with Crippen molar-refractivity contribution in [2.45, 2.75) is 84.8 Å². The van der Waals surface area contributed by atoms with Crippen molar-refractivity contribution in [3.8, 4) is 17.2 Å². The standard InChI is InChI=1S/C34H42O6/c1-4-6-7-8-9-10-24-37-30-18-12-27(13-19-30)25-38-31-20-16-29(17-21-31)34(36)40-32-22-14-28(15-23-32)26(3)39-33(35)11-5-2/h12-23,26H,4-11,24-25H2,1-3H3. The van der Waals surface area contributed by atoms with Crippen LogP contribution in [0.3, 0.4) is 0 Å². The lowest BCUT2D eigenvalue weighted by atomic mass is 10.1. The summed E-state index contributed by atoms with van der Waals surface area (Å²) in [7, 11) is 0. The molecule has 0 radical (unpaired) electrons. The van der Waals surface area contributed by atoms with E-state index in [4.69, 9.17) is 18.9 Å². The van der Waals surface area contributed by atoms with Crippen LogP contribution >= 0.6 is 0 Å². The Morgan fingerprint density at radius 1 is 0.675 bits per heavy atom. The highest BCUT2D eigenvalue weighted by atomic mass is 16.5. The number of rotatable bonds is 17. The Kier molecular flexibility index (Phi) is 13.1. The Morgan fingerprint density at radius 3 is 1.95 bits per heavy atom. The summed E-state index contributed by atoms with van der Waals surface area (Å²) in [6.45, 7) is 7.15. The van der Waals surface area contributed by atoms with E-state index in [1.54, 1.807) is 48.5 Å². The number of unbranched alkanes of at least 4 members (excludes halogenated alkanes) is 5. The van der Waals surface area contributed by atoms with E-state index >= 15 is 0 Å². The topological polar surface area (TPSA) is 71.1 Å². The predicted molar refractivity (Wildman–Crippen MR) is 157 cm³/mol. The molecule has 0 heterocycles. The molecule has 0 aliphatic heterocycles. The molecule has 0 aromatic heterocycles. The van der Waals surface area contributed by atoms with E-state index in [2.05, 4.69) is 6.92 Å². The molecule has 0 N–H and O–H groups in total. The molecule has 0 aliphatic rings. The third-order valence-corrected chi connectivity index (χ3v) is 6.51. The van der Waals surface area contributed by atoms with Crippen molar-refractivity contribution in [1.29, 1.82) is 0 Å². The van der Waals surface area contributed by atoms with Crippen LogP contribution in [-0.4, -0.2) is 18.5 Å². The molecule has 0 bridgehead atoms. The zero-order chi connectivity index (χ0) is 28.6. The Morgan fingerprint density at radius 2 is 1.27 bits per heavy atom. The van der Waals surface area contributed by atoms with Crippen LogP contribution in [0.25, 0.3) is 0 Å². The van der Waals surface area contributed by atoms with Crippen molar-refractivity contribution in [3.05, 3.63) is 89.5 Å². The van der Waals surface area contributed by atoms with Gasteiger partial charge in [-0.15, -0.1) is 0 Å². The molecule has 214 valence electrons. The van der Waals surface area contributed by atoms with E-state index in [0.717, 1.165) is 36.3 Å². The number of ether oxygens (including phenoxy) is 4. The SMILES string of the molecule is CCCCCCCCOc1ccc(COc2ccc(C(=O)Oc3ccc(C(C)OC(=O)CCC)cc3)cc2)cc1. The quantitative estimate of drug-likeness (QED) is 0.0959. The van der Waals surface area contributed by atoms with Gasteiger partial charge in [0.1, 0.15) is 30.0 Å². The fraction of sp³-hybridized carbons (Fsp3) is 0.412. The summed E-state index contributed by atoms with van der Waals surface area (Å²) in [5, 5.41) is 0. The maximum atomic E-state index is 12.6. The van der Waals surface area contributed by atoms with Gasteiger partial charge in [0.25, 0.3) is 0 Å². The highest BCUT2D eigenvalue weighted by Gasteiger charge is 2.13. The minimum Gasteiger partial charge on any atom is -0.494 e. The Bertz CT molecular complexity index is 1150. The number of hydrogen-bond acceptors (Lipinski definition) is 6. The average Bonchev–Trinajstić information content (AvgIpc) is 2.97. The van der Waals surface area contributed by atoms with Crippen LogP contribution in [0.5, 0.6) is 17.2 Å². The number of hydrogen-bond donors (Lipinski definition) is 0. The van der Waals surface area contributed by atoms with E-state index in [1.165, 1.54) is 32.1 Å². The van der Waals surface area contributed by atoms with Crippen LogP contribution in [0, 0.1) is 0 Å². The Labute approximate surface area is 238 Å². The summed E-state index contributed by atoms with van der Waals surface area (Å²) in [5.74, 6) is 1.27. The molecular weight excluding hydrogens is 504 g/mol. The fourth-order valence-corrected chi connectivity index (χ4v) is 4.11. The summed E-state index contributed by atoms with van der Waals surface area (Å²) in [6.07, 6.45) is 8.26. The van der Waals surface area contributed by atoms with Crippen molar-refractivity contribution < 1.29 is 28.5 Å². The van der Waals surface area contributed by atoms with Crippen molar-refractivity contribution in [3.63, 3.8) is 0 Å². The van der Waals surface area contributed by atoms with Crippen LogP contribution in [0.1, 0.15) is 99.7 Å². The minimum absolute atomic E-state index is 0.223. The van der Waals surface area contributed by atoms with Gasteiger partial charge >= 0.3 is 11.9 Å². The molecule has 0 saturated carbocycles. The van der Waals surface area contributed by atoms with Gasteiger partial charge in [0.05, 0.1) is 12.2 Å². The third kappa shape index (κ3) is 10.8. The van der Waals surface area contributed by atoms with E-state index < -0.39 is 5.97 Å². The van der Waals surface area contributed by atoms with Crippen LogP contribution in [0.2, 0.25) is 0 Å². The molecule has 0 amide bonds. The summed E-state index contributed by atoms with van der Waals surface area (Å²) < 4.78 is 22.6. The molecule has 1 atom stereocenters. The predicted octanol–water partition coefficient (Wildman–Crippen LogP) is 8.63. The maximum Gasteiger partial charge on any atom is 0.343 e. The second kappa shape index (κ2) is 17.0. The highest BCUT2D eigenvalue weighted by Crippen LogP contribution is 2.23. The molecule has 40 heavy (non-hydrogen) atoms. The van der Waals surface area contributed by atoms with Gasteiger partial charge in [-0.25, -0.2) is 4.79 Å². The van der Waals surface area contributed by atoms with Crippen molar-refractivity contribution >= 4 is 11.9 Å². The maximum absolute atomic E-state index is 12.6. The number of benzene rings is 3. The van der Waals surface area contributed by atoms with E-state index in [1.807, 2.05) is 38.1 Å². The van der Waals surface area contributed by atoms with E-state index in [-0.39, 0.29) is 12.1 Å². The summed E-state index contributed by atoms with van der Waals surface area (Å²) in [6, 6.07) is 21.8. The van der Waals surface area contributed by atoms with Crippen LogP contribution in [-0.2, 0) is 16.1 Å². The Balaban J connectivity index is 1.40. The highest BCUT2D eigenvalue weighted by molar-refractivity contribution is 5.91. The van der Waals surface area contributed by atoms with E-state index in [9.17, 15) is 9.59 Å². The molecule has 0 spiro atoms. The molecule has 0 fully saturated rings. The Hall–Kier alpha value is -3.80. The lowest BCUT2D eigenvalue weighted by molar-refractivity contribution is -0.148. The normalized spacial score (nSPS) is 11.5. The summed E-state index contributed by atoms with van der Waals surface area (Å²) >= 11 is 0. The molecule has 0 saturated heterocycles. The summed E-state index contributed by atoms with van der Waals surface area (Å²) in [4.78, 5) is 24.3. The molecule has 3 aromatic carbocycles. The smallest absolute Gasteiger partial charge is 0.343 e. The van der Waals surface area contributed by atoms with Crippen molar-refractivity contribution in [2.24, 2.45) is 0 Å². The molecule has 6 nitrogen and oxygen atoms in total. The van der Waals surface area contributed by atoms with Gasteiger partial charge in [0.2, 0.25) is 0 Å².